The third kappa shape index (κ3) is 1.88. The molecular weight excluding hydrogens is 236 g/mol. The van der Waals surface area contributed by atoms with Crippen molar-refractivity contribution in [3.8, 4) is 0 Å². The molecule has 4 nitrogen and oxygen atoms in total. The smallest absolute Gasteiger partial charge is 0.132 e. The van der Waals surface area contributed by atoms with Crippen molar-refractivity contribution in [2.24, 2.45) is 16.7 Å². The zero-order valence-electron chi connectivity index (χ0n) is 12.3. The van der Waals surface area contributed by atoms with Gasteiger partial charge < -0.3 is 11.1 Å². The van der Waals surface area contributed by atoms with Gasteiger partial charge in [0.2, 0.25) is 0 Å². The average molecular weight is 260 g/mol. The van der Waals surface area contributed by atoms with E-state index >= 15 is 0 Å². The maximum absolute atomic E-state index is 5.82. The molecule has 0 amide bonds. The Bertz CT molecular complexity index is 486. The molecule has 3 atom stereocenters. The Hall–Kier alpha value is -1.32. The fraction of sp³-hybridized carbons (Fsp3) is 0.733. The summed E-state index contributed by atoms with van der Waals surface area (Å²) in [6.45, 7) is 9.07. The molecule has 4 heteroatoms. The minimum Gasteiger partial charge on any atom is -0.384 e. The van der Waals surface area contributed by atoms with Crippen LogP contribution in [0.2, 0.25) is 0 Å². The van der Waals surface area contributed by atoms with Gasteiger partial charge in [0.15, 0.2) is 0 Å². The molecule has 2 saturated carbocycles. The first-order valence-electron chi connectivity index (χ1n) is 7.19. The van der Waals surface area contributed by atoms with Crippen LogP contribution in [0.5, 0.6) is 0 Å². The number of hydrogen-bond donors (Lipinski definition) is 2. The van der Waals surface area contributed by atoms with Gasteiger partial charge in [0.1, 0.15) is 17.5 Å². The van der Waals surface area contributed by atoms with Crippen LogP contribution in [0, 0.1) is 23.7 Å². The topological polar surface area (TPSA) is 63.8 Å². The minimum absolute atomic E-state index is 0.320. The van der Waals surface area contributed by atoms with Crippen molar-refractivity contribution in [3.63, 3.8) is 0 Å². The molecule has 2 bridgehead atoms. The molecule has 0 saturated heterocycles. The van der Waals surface area contributed by atoms with Crippen molar-refractivity contribution in [3.05, 3.63) is 11.9 Å². The van der Waals surface area contributed by atoms with Crippen LogP contribution in [0.3, 0.4) is 0 Å². The number of rotatable bonds is 2. The molecule has 3 rings (SSSR count). The SMILES string of the molecule is Cc1nc(N)cc(NC2C3(C)CCC(C3)C2(C)C)n1. The number of nitrogen functional groups attached to an aromatic ring is 1. The minimum atomic E-state index is 0.320. The Kier molecular flexibility index (Phi) is 2.57. The summed E-state index contributed by atoms with van der Waals surface area (Å²) in [5.41, 5.74) is 6.53. The predicted octanol–water partition coefficient (Wildman–Crippen LogP) is 2.99. The zero-order valence-corrected chi connectivity index (χ0v) is 12.3. The first-order valence-corrected chi connectivity index (χ1v) is 7.19. The summed E-state index contributed by atoms with van der Waals surface area (Å²) < 4.78 is 0. The van der Waals surface area contributed by atoms with E-state index in [0.717, 1.165) is 17.6 Å². The van der Waals surface area contributed by atoms with Crippen LogP contribution in [0.1, 0.15) is 45.9 Å². The molecule has 0 aliphatic heterocycles. The van der Waals surface area contributed by atoms with E-state index in [1.54, 1.807) is 0 Å². The largest absolute Gasteiger partial charge is 0.384 e. The summed E-state index contributed by atoms with van der Waals surface area (Å²) in [6.07, 6.45) is 4.02. The first kappa shape index (κ1) is 12.7. The van der Waals surface area contributed by atoms with Gasteiger partial charge in [-0.05, 0) is 42.9 Å². The maximum Gasteiger partial charge on any atom is 0.132 e. The van der Waals surface area contributed by atoms with E-state index in [-0.39, 0.29) is 0 Å². The van der Waals surface area contributed by atoms with E-state index in [1.807, 2.05) is 13.0 Å². The van der Waals surface area contributed by atoms with Crippen molar-refractivity contribution < 1.29 is 0 Å². The zero-order chi connectivity index (χ0) is 13.8. The number of nitrogens with two attached hydrogens (primary N) is 1. The molecule has 0 spiro atoms. The van der Waals surface area contributed by atoms with Crippen molar-refractivity contribution in [2.45, 2.75) is 53.0 Å². The first-order chi connectivity index (χ1) is 8.81. The molecule has 3 unspecified atom stereocenters. The number of fused-ring (bicyclic) bond motifs is 2. The molecule has 1 heterocycles. The molecule has 104 valence electrons. The van der Waals surface area contributed by atoms with Crippen LogP contribution >= 0.6 is 0 Å². The molecule has 1 aromatic heterocycles. The van der Waals surface area contributed by atoms with Gasteiger partial charge in [-0.3, -0.25) is 0 Å². The third-order valence-electron chi connectivity index (χ3n) is 5.42. The summed E-state index contributed by atoms with van der Waals surface area (Å²) in [5.74, 6) is 2.97. The number of hydrogen-bond acceptors (Lipinski definition) is 4. The lowest BCUT2D eigenvalue weighted by atomic mass is 9.68. The highest BCUT2D eigenvalue weighted by Crippen LogP contribution is 2.63. The van der Waals surface area contributed by atoms with Gasteiger partial charge in [-0.2, -0.15) is 0 Å². The summed E-state index contributed by atoms with van der Waals surface area (Å²) in [4.78, 5) is 8.61. The van der Waals surface area contributed by atoms with Crippen LogP contribution in [-0.4, -0.2) is 16.0 Å². The Balaban J connectivity index is 1.90. The molecule has 2 aliphatic carbocycles. The average Bonchev–Trinajstić information content (AvgIpc) is 2.74. The fourth-order valence-electron chi connectivity index (χ4n) is 4.47. The lowest BCUT2D eigenvalue weighted by Crippen LogP contribution is -2.46. The summed E-state index contributed by atoms with van der Waals surface area (Å²) in [6, 6.07) is 2.31. The lowest BCUT2D eigenvalue weighted by molar-refractivity contribution is 0.155. The molecule has 3 N–H and O–H groups in total. The van der Waals surface area contributed by atoms with Gasteiger partial charge in [0, 0.05) is 12.1 Å². The molecule has 1 aromatic rings. The van der Waals surface area contributed by atoms with Gasteiger partial charge in [-0.1, -0.05) is 20.8 Å². The van der Waals surface area contributed by atoms with Crippen LogP contribution in [0.25, 0.3) is 0 Å². The molecule has 2 fully saturated rings. The van der Waals surface area contributed by atoms with E-state index in [9.17, 15) is 0 Å². The number of aromatic nitrogens is 2. The number of nitrogens with zero attached hydrogens (tertiary/aromatic N) is 2. The van der Waals surface area contributed by atoms with Gasteiger partial charge in [-0.25, -0.2) is 9.97 Å². The summed E-state index contributed by atoms with van der Waals surface area (Å²) >= 11 is 0. The maximum atomic E-state index is 5.82. The molecular formula is C15H24N4. The van der Waals surface area contributed by atoms with E-state index in [0.29, 0.717) is 22.7 Å². The number of anilines is 2. The Labute approximate surface area is 115 Å². The van der Waals surface area contributed by atoms with Crippen LogP contribution in [0.4, 0.5) is 11.6 Å². The van der Waals surface area contributed by atoms with Crippen LogP contribution in [0.15, 0.2) is 6.07 Å². The Morgan fingerprint density at radius 1 is 1.32 bits per heavy atom. The quantitative estimate of drug-likeness (QED) is 0.858. The molecule has 19 heavy (non-hydrogen) atoms. The number of nitrogens with one attached hydrogen (secondary N) is 1. The van der Waals surface area contributed by atoms with Gasteiger partial charge >= 0.3 is 0 Å². The van der Waals surface area contributed by atoms with E-state index in [1.165, 1.54) is 19.3 Å². The monoisotopic (exact) mass is 260 g/mol. The van der Waals surface area contributed by atoms with Crippen molar-refractivity contribution in [1.82, 2.24) is 9.97 Å². The highest BCUT2D eigenvalue weighted by Gasteiger charge is 2.59. The summed E-state index contributed by atoms with van der Waals surface area (Å²) in [7, 11) is 0. The van der Waals surface area contributed by atoms with E-state index in [4.69, 9.17) is 5.73 Å². The fourth-order valence-corrected chi connectivity index (χ4v) is 4.47. The molecule has 0 aromatic carbocycles. The standard InChI is InChI=1S/C15H24N4/c1-9-17-11(16)7-12(18-9)19-13-14(2,3)10-5-6-15(13,4)8-10/h7,10,13H,5-6,8H2,1-4H3,(H3,16,17,18,19). The van der Waals surface area contributed by atoms with Gasteiger partial charge in [-0.15, -0.1) is 0 Å². The van der Waals surface area contributed by atoms with Crippen molar-refractivity contribution >= 4 is 11.6 Å². The summed E-state index contributed by atoms with van der Waals surface area (Å²) in [5, 5.41) is 3.65. The second-order valence-electron chi connectivity index (χ2n) is 7.22. The van der Waals surface area contributed by atoms with Crippen LogP contribution < -0.4 is 11.1 Å². The van der Waals surface area contributed by atoms with Gasteiger partial charge in [0.25, 0.3) is 0 Å². The predicted molar refractivity (Wildman–Crippen MR) is 77.8 cm³/mol. The lowest BCUT2D eigenvalue weighted by Gasteiger charge is -2.43. The van der Waals surface area contributed by atoms with Crippen LogP contribution in [-0.2, 0) is 0 Å². The second kappa shape index (κ2) is 3.84. The van der Waals surface area contributed by atoms with Crippen molar-refractivity contribution in [1.29, 1.82) is 0 Å². The van der Waals surface area contributed by atoms with E-state index in [2.05, 4.69) is 36.1 Å². The second-order valence-corrected chi connectivity index (χ2v) is 7.22. The molecule has 2 aliphatic rings. The number of aryl methyl sites for hydroxylation is 1. The van der Waals surface area contributed by atoms with Gasteiger partial charge in [0.05, 0.1) is 0 Å². The highest BCUT2D eigenvalue weighted by molar-refractivity contribution is 5.46. The molecule has 0 radical (unpaired) electrons. The van der Waals surface area contributed by atoms with E-state index < -0.39 is 0 Å². The normalized spacial score (nSPS) is 35.6. The van der Waals surface area contributed by atoms with Crippen molar-refractivity contribution in [2.75, 3.05) is 11.1 Å². The Morgan fingerprint density at radius 3 is 2.63 bits per heavy atom. The Morgan fingerprint density at radius 2 is 2.05 bits per heavy atom. The highest BCUT2D eigenvalue weighted by atomic mass is 15.1. The third-order valence-corrected chi connectivity index (χ3v) is 5.42.